The molecule has 1 saturated heterocycles. The Hall–Kier alpha value is -3.20. The van der Waals surface area contributed by atoms with Crippen molar-refractivity contribution in [3.63, 3.8) is 0 Å². The van der Waals surface area contributed by atoms with E-state index >= 15 is 0 Å². The van der Waals surface area contributed by atoms with Gasteiger partial charge in [0.2, 0.25) is 0 Å². The predicted molar refractivity (Wildman–Crippen MR) is 104 cm³/mol. The van der Waals surface area contributed by atoms with Crippen molar-refractivity contribution in [2.75, 3.05) is 33.3 Å². The van der Waals surface area contributed by atoms with Gasteiger partial charge < -0.3 is 19.3 Å². The Kier molecular flexibility index (Phi) is 5.07. The topological polar surface area (TPSA) is 84.9 Å². The Morgan fingerprint density at radius 1 is 1.07 bits per heavy atom. The van der Waals surface area contributed by atoms with E-state index in [1.807, 2.05) is 18.2 Å². The van der Waals surface area contributed by atoms with Crippen LogP contribution in [0.1, 0.15) is 9.80 Å². The van der Waals surface area contributed by atoms with E-state index in [-0.39, 0.29) is 5.91 Å². The van der Waals surface area contributed by atoms with Crippen molar-refractivity contribution in [2.24, 2.45) is 0 Å². The second-order valence-electron chi connectivity index (χ2n) is 6.19. The third-order valence-corrected chi connectivity index (χ3v) is 5.47. The van der Waals surface area contributed by atoms with Crippen molar-refractivity contribution in [2.45, 2.75) is 0 Å². The van der Waals surface area contributed by atoms with Crippen molar-refractivity contribution in [3.05, 3.63) is 47.7 Å². The van der Waals surface area contributed by atoms with Gasteiger partial charge in [0.05, 0.1) is 23.5 Å². The lowest BCUT2D eigenvalue weighted by atomic mass is 10.3. The van der Waals surface area contributed by atoms with Crippen LogP contribution >= 0.6 is 11.3 Å². The van der Waals surface area contributed by atoms with Gasteiger partial charge in [-0.1, -0.05) is 0 Å². The standard InChI is InChI=1S/C19H18N4O4S/c1-26-13-4-5-16-15(11-13)21-17(28-16)18(24)22-7-9-23(10-8-22)19(25)27-14-3-2-6-20-12-14/h2-6,11-12H,7-10H2,1H3. The van der Waals surface area contributed by atoms with Gasteiger partial charge in [-0.25, -0.2) is 9.78 Å². The number of hydrogen-bond acceptors (Lipinski definition) is 7. The summed E-state index contributed by atoms with van der Waals surface area (Å²) in [4.78, 5) is 36.7. The zero-order chi connectivity index (χ0) is 19.5. The van der Waals surface area contributed by atoms with E-state index < -0.39 is 6.09 Å². The van der Waals surface area contributed by atoms with Gasteiger partial charge in [0.1, 0.15) is 5.75 Å². The number of carbonyl (C=O) groups is 2. The van der Waals surface area contributed by atoms with Gasteiger partial charge in [0.15, 0.2) is 10.8 Å². The molecule has 2 amide bonds. The number of rotatable bonds is 3. The lowest BCUT2D eigenvalue weighted by Crippen LogP contribution is -2.51. The summed E-state index contributed by atoms with van der Waals surface area (Å²) in [5.74, 6) is 0.980. The lowest BCUT2D eigenvalue weighted by Gasteiger charge is -2.33. The monoisotopic (exact) mass is 398 g/mol. The normalized spacial score (nSPS) is 14.2. The van der Waals surface area contributed by atoms with Gasteiger partial charge in [-0.3, -0.25) is 9.78 Å². The Balaban J connectivity index is 1.38. The average Bonchev–Trinajstić information content (AvgIpc) is 3.17. The molecule has 0 aliphatic carbocycles. The number of benzene rings is 1. The maximum atomic E-state index is 12.8. The zero-order valence-electron chi connectivity index (χ0n) is 15.2. The second kappa shape index (κ2) is 7.81. The number of aromatic nitrogens is 2. The number of nitrogens with zero attached hydrogens (tertiary/aromatic N) is 4. The molecule has 28 heavy (non-hydrogen) atoms. The van der Waals surface area contributed by atoms with Crippen LogP contribution in [0, 0.1) is 0 Å². The number of carbonyl (C=O) groups excluding carboxylic acids is 2. The summed E-state index contributed by atoms with van der Waals surface area (Å²) in [6.45, 7) is 1.67. The first kappa shape index (κ1) is 18.2. The molecule has 1 aliphatic heterocycles. The summed E-state index contributed by atoms with van der Waals surface area (Å²) in [6, 6.07) is 8.94. The van der Waals surface area contributed by atoms with Crippen molar-refractivity contribution in [3.8, 4) is 11.5 Å². The highest BCUT2D eigenvalue weighted by Gasteiger charge is 2.27. The number of ether oxygens (including phenoxy) is 2. The first-order valence-electron chi connectivity index (χ1n) is 8.74. The van der Waals surface area contributed by atoms with Gasteiger partial charge in [0, 0.05) is 38.4 Å². The molecule has 1 aromatic carbocycles. The van der Waals surface area contributed by atoms with E-state index in [0.29, 0.717) is 42.7 Å². The molecule has 3 aromatic rings. The average molecular weight is 398 g/mol. The van der Waals surface area contributed by atoms with Crippen molar-refractivity contribution >= 4 is 33.6 Å². The van der Waals surface area contributed by atoms with Crippen LogP contribution in [0.3, 0.4) is 0 Å². The minimum atomic E-state index is -0.438. The van der Waals surface area contributed by atoms with Crippen LogP contribution in [-0.2, 0) is 0 Å². The Morgan fingerprint density at radius 2 is 1.86 bits per heavy atom. The molecule has 2 aromatic heterocycles. The molecule has 9 heteroatoms. The van der Waals surface area contributed by atoms with Crippen LogP contribution in [0.5, 0.6) is 11.5 Å². The molecule has 8 nitrogen and oxygen atoms in total. The molecule has 0 spiro atoms. The van der Waals surface area contributed by atoms with Gasteiger partial charge in [-0.2, -0.15) is 0 Å². The van der Waals surface area contributed by atoms with Crippen LogP contribution in [0.25, 0.3) is 10.2 Å². The van der Waals surface area contributed by atoms with Crippen molar-refractivity contribution in [1.82, 2.24) is 19.8 Å². The van der Waals surface area contributed by atoms with E-state index in [9.17, 15) is 9.59 Å². The fourth-order valence-corrected chi connectivity index (χ4v) is 3.84. The lowest BCUT2D eigenvalue weighted by molar-refractivity contribution is 0.0633. The number of pyridine rings is 1. The fraction of sp³-hybridized carbons (Fsp3) is 0.263. The first-order chi connectivity index (χ1) is 13.6. The zero-order valence-corrected chi connectivity index (χ0v) is 16.0. The van der Waals surface area contributed by atoms with E-state index in [4.69, 9.17) is 9.47 Å². The highest BCUT2D eigenvalue weighted by molar-refractivity contribution is 7.20. The van der Waals surface area contributed by atoms with Crippen LogP contribution in [0.4, 0.5) is 4.79 Å². The summed E-state index contributed by atoms with van der Waals surface area (Å²) < 4.78 is 11.4. The van der Waals surface area contributed by atoms with Gasteiger partial charge >= 0.3 is 6.09 Å². The molecule has 1 fully saturated rings. The van der Waals surface area contributed by atoms with Crippen molar-refractivity contribution in [1.29, 1.82) is 0 Å². The molecule has 0 saturated carbocycles. The summed E-state index contributed by atoms with van der Waals surface area (Å²) in [6.07, 6.45) is 2.66. The van der Waals surface area contributed by atoms with Gasteiger partial charge in [-0.05, 0) is 24.3 Å². The molecule has 3 heterocycles. The summed E-state index contributed by atoms with van der Waals surface area (Å²) >= 11 is 1.36. The number of piperazine rings is 1. The highest BCUT2D eigenvalue weighted by Crippen LogP contribution is 2.27. The third kappa shape index (κ3) is 3.74. The molecule has 4 rings (SSSR count). The number of methoxy groups -OCH3 is 1. The van der Waals surface area contributed by atoms with E-state index in [2.05, 4.69) is 9.97 Å². The Labute approximate surface area is 165 Å². The minimum Gasteiger partial charge on any atom is -0.497 e. The molecule has 0 atom stereocenters. The molecule has 0 unspecified atom stereocenters. The Morgan fingerprint density at radius 3 is 2.57 bits per heavy atom. The summed E-state index contributed by atoms with van der Waals surface area (Å²) in [7, 11) is 1.60. The first-order valence-corrected chi connectivity index (χ1v) is 9.56. The maximum Gasteiger partial charge on any atom is 0.415 e. The smallest absolute Gasteiger partial charge is 0.415 e. The second-order valence-corrected chi connectivity index (χ2v) is 7.22. The van der Waals surface area contributed by atoms with E-state index in [1.54, 1.807) is 35.2 Å². The molecule has 0 radical (unpaired) electrons. The third-order valence-electron chi connectivity index (χ3n) is 4.44. The van der Waals surface area contributed by atoms with Crippen LogP contribution in [0.2, 0.25) is 0 Å². The number of fused-ring (bicyclic) bond motifs is 1. The van der Waals surface area contributed by atoms with Crippen LogP contribution in [0.15, 0.2) is 42.7 Å². The van der Waals surface area contributed by atoms with Crippen LogP contribution < -0.4 is 9.47 Å². The van der Waals surface area contributed by atoms with Crippen molar-refractivity contribution < 1.29 is 19.1 Å². The maximum absolute atomic E-state index is 12.8. The molecular formula is C19H18N4O4S. The Bertz CT molecular complexity index is 1000. The fourth-order valence-electron chi connectivity index (χ4n) is 2.93. The highest BCUT2D eigenvalue weighted by atomic mass is 32.1. The SMILES string of the molecule is COc1ccc2sc(C(=O)N3CCN(C(=O)Oc4cccnc4)CC3)nc2c1. The molecule has 0 bridgehead atoms. The molecule has 1 aliphatic rings. The van der Waals surface area contributed by atoms with E-state index in [1.165, 1.54) is 17.5 Å². The largest absolute Gasteiger partial charge is 0.497 e. The van der Waals surface area contributed by atoms with Gasteiger partial charge in [-0.15, -0.1) is 11.3 Å². The summed E-state index contributed by atoms with van der Waals surface area (Å²) in [5, 5.41) is 0.439. The quantitative estimate of drug-likeness (QED) is 0.674. The molecule has 0 N–H and O–H groups in total. The predicted octanol–water partition coefficient (Wildman–Crippen LogP) is 2.66. The minimum absolute atomic E-state index is 0.125. The number of amides is 2. The number of thiazole rings is 1. The molecule has 144 valence electrons. The van der Waals surface area contributed by atoms with Crippen LogP contribution in [-0.4, -0.2) is 65.1 Å². The molecular weight excluding hydrogens is 380 g/mol. The van der Waals surface area contributed by atoms with E-state index in [0.717, 1.165) is 10.2 Å². The number of hydrogen-bond donors (Lipinski definition) is 0. The summed E-state index contributed by atoms with van der Waals surface area (Å²) in [5.41, 5.74) is 0.742. The van der Waals surface area contributed by atoms with Gasteiger partial charge in [0.25, 0.3) is 5.91 Å².